The lowest BCUT2D eigenvalue weighted by atomic mass is 9.83. The van der Waals surface area contributed by atoms with E-state index in [1.165, 1.54) is 24.8 Å². The fourth-order valence-corrected chi connectivity index (χ4v) is 6.47. The molecule has 36 heavy (non-hydrogen) atoms. The second kappa shape index (κ2) is 10.4. The molecule has 0 saturated heterocycles. The minimum absolute atomic E-state index is 0.0325. The van der Waals surface area contributed by atoms with Crippen LogP contribution in [0, 0.1) is 17.8 Å². The van der Waals surface area contributed by atoms with Crippen molar-refractivity contribution in [2.75, 3.05) is 19.0 Å². The number of hydrogen-bond acceptors (Lipinski definition) is 7. The Balaban J connectivity index is 1.28. The molecule has 2 fully saturated rings. The first-order valence-electron chi connectivity index (χ1n) is 12.7. The third kappa shape index (κ3) is 5.70. The summed E-state index contributed by atoms with van der Waals surface area (Å²) in [5.74, 6) is 0.504. The lowest BCUT2D eigenvalue weighted by Crippen LogP contribution is -2.28. The summed E-state index contributed by atoms with van der Waals surface area (Å²) < 4.78 is 6.44. The zero-order valence-electron chi connectivity index (χ0n) is 20.7. The topological polar surface area (TPSA) is 102 Å². The van der Waals surface area contributed by atoms with Gasteiger partial charge in [0.05, 0.1) is 12.7 Å². The van der Waals surface area contributed by atoms with E-state index >= 15 is 0 Å². The van der Waals surface area contributed by atoms with Crippen LogP contribution in [0.2, 0.25) is 0 Å². The van der Waals surface area contributed by atoms with Crippen molar-refractivity contribution in [2.24, 2.45) is 24.8 Å². The number of thiophene rings is 1. The SMILES string of the molecule is COC(=O)c1cc(CC(=S)C[C@H]2CCc3sc(NC(=O)C4CC4)c(C(=O)NCC4CC4)c3C2)n(C)n1. The highest BCUT2D eigenvalue weighted by Gasteiger charge is 2.34. The van der Waals surface area contributed by atoms with E-state index in [1.54, 1.807) is 29.1 Å². The molecule has 2 amide bonds. The average Bonchev–Trinajstić information content (AvgIpc) is 3.78. The zero-order chi connectivity index (χ0) is 25.4. The summed E-state index contributed by atoms with van der Waals surface area (Å²) in [6, 6.07) is 1.73. The molecule has 1 atom stereocenters. The average molecular weight is 529 g/mol. The summed E-state index contributed by atoms with van der Waals surface area (Å²) >= 11 is 7.31. The van der Waals surface area contributed by atoms with E-state index in [0.717, 1.165) is 54.6 Å². The number of anilines is 1. The molecule has 10 heteroatoms. The molecule has 5 rings (SSSR count). The number of carbonyl (C=O) groups excluding carboxylic acids is 3. The Hall–Kier alpha value is -2.59. The van der Waals surface area contributed by atoms with Gasteiger partial charge in [0.25, 0.3) is 5.91 Å². The lowest BCUT2D eigenvalue weighted by Gasteiger charge is -2.23. The van der Waals surface area contributed by atoms with E-state index in [2.05, 4.69) is 15.7 Å². The number of carbonyl (C=O) groups is 3. The van der Waals surface area contributed by atoms with Gasteiger partial charge in [0.15, 0.2) is 5.69 Å². The normalized spacial score (nSPS) is 18.9. The molecule has 2 heterocycles. The van der Waals surface area contributed by atoms with E-state index in [-0.39, 0.29) is 23.4 Å². The van der Waals surface area contributed by atoms with E-state index < -0.39 is 5.97 Å². The minimum Gasteiger partial charge on any atom is -0.464 e. The number of aryl methyl sites for hydroxylation is 2. The number of amides is 2. The van der Waals surface area contributed by atoms with E-state index in [0.29, 0.717) is 35.4 Å². The molecule has 2 aromatic heterocycles. The molecular formula is C26H32N4O4S2. The van der Waals surface area contributed by atoms with Gasteiger partial charge in [0.1, 0.15) is 5.00 Å². The third-order valence-corrected chi connectivity index (χ3v) is 8.81. The highest BCUT2D eigenvalue weighted by molar-refractivity contribution is 7.80. The van der Waals surface area contributed by atoms with Crippen molar-refractivity contribution in [2.45, 2.75) is 57.8 Å². The monoisotopic (exact) mass is 528 g/mol. The number of hydrogen-bond donors (Lipinski definition) is 2. The van der Waals surface area contributed by atoms with Crippen molar-refractivity contribution >= 4 is 51.2 Å². The summed E-state index contributed by atoms with van der Waals surface area (Å²) in [5, 5.41) is 11.1. The maximum Gasteiger partial charge on any atom is 0.358 e. The summed E-state index contributed by atoms with van der Waals surface area (Å²) in [7, 11) is 3.14. The number of thiocarbonyl (C=S) groups is 1. The van der Waals surface area contributed by atoms with Crippen molar-refractivity contribution in [3.63, 3.8) is 0 Å². The van der Waals surface area contributed by atoms with Crippen molar-refractivity contribution in [3.05, 3.63) is 33.5 Å². The number of nitrogens with zero attached hydrogens (tertiary/aromatic N) is 2. The molecule has 0 bridgehead atoms. The molecular weight excluding hydrogens is 496 g/mol. The van der Waals surface area contributed by atoms with Crippen molar-refractivity contribution in [1.82, 2.24) is 15.1 Å². The molecule has 0 radical (unpaired) electrons. The van der Waals surface area contributed by atoms with Gasteiger partial charge in [-0.05, 0) is 79.7 Å². The largest absolute Gasteiger partial charge is 0.464 e. The number of methoxy groups -OCH3 is 1. The Labute approximate surface area is 220 Å². The Morgan fingerprint density at radius 1 is 1.19 bits per heavy atom. The Morgan fingerprint density at radius 3 is 2.67 bits per heavy atom. The van der Waals surface area contributed by atoms with Gasteiger partial charge in [0.2, 0.25) is 5.91 Å². The molecule has 0 aromatic carbocycles. The van der Waals surface area contributed by atoms with Crippen LogP contribution in [0.1, 0.15) is 75.5 Å². The molecule has 0 unspecified atom stereocenters. The van der Waals surface area contributed by atoms with Gasteiger partial charge in [-0.15, -0.1) is 11.3 Å². The smallest absolute Gasteiger partial charge is 0.358 e. The molecule has 8 nitrogen and oxygen atoms in total. The van der Waals surface area contributed by atoms with E-state index in [9.17, 15) is 14.4 Å². The predicted molar refractivity (Wildman–Crippen MR) is 142 cm³/mol. The maximum absolute atomic E-state index is 13.3. The first-order valence-corrected chi connectivity index (χ1v) is 13.9. The molecule has 0 spiro atoms. The molecule has 3 aliphatic carbocycles. The van der Waals surface area contributed by atoms with Crippen LogP contribution in [0.4, 0.5) is 5.00 Å². The van der Waals surface area contributed by atoms with Gasteiger partial charge >= 0.3 is 5.97 Å². The predicted octanol–water partition coefficient (Wildman–Crippen LogP) is 3.86. The van der Waals surface area contributed by atoms with Crippen molar-refractivity contribution in [3.8, 4) is 0 Å². The molecule has 0 aliphatic heterocycles. The lowest BCUT2D eigenvalue weighted by molar-refractivity contribution is -0.117. The Kier molecular flexibility index (Phi) is 7.25. The zero-order valence-corrected chi connectivity index (χ0v) is 22.4. The summed E-state index contributed by atoms with van der Waals surface area (Å²) in [6.45, 7) is 0.700. The van der Waals surface area contributed by atoms with Crippen LogP contribution in [0.15, 0.2) is 6.07 Å². The summed E-state index contributed by atoms with van der Waals surface area (Å²) in [5.41, 5.74) is 2.89. The van der Waals surface area contributed by atoms with Crippen molar-refractivity contribution < 1.29 is 19.1 Å². The van der Waals surface area contributed by atoms with Gasteiger partial charge in [-0.25, -0.2) is 4.79 Å². The minimum atomic E-state index is -0.461. The Morgan fingerprint density at radius 2 is 1.97 bits per heavy atom. The second-order valence-electron chi connectivity index (χ2n) is 10.3. The number of ether oxygens (including phenoxy) is 1. The van der Waals surface area contributed by atoms with Crippen LogP contribution < -0.4 is 10.6 Å². The summed E-state index contributed by atoms with van der Waals surface area (Å²) in [4.78, 5) is 39.7. The van der Waals surface area contributed by atoms with Gasteiger partial charge in [0, 0.05) is 36.5 Å². The second-order valence-corrected chi connectivity index (χ2v) is 12.0. The summed E-state index contributed by atoms with van der Waals surface area (Å²) in [6.07, 6.45) is 8.16. The van der Waals surface area contributed by atoms with Gasteiger partial charge < -0.3 is 15.4 Å². The number of esters is 1. The van der Waals surface area contributed by atoms with Gasteiger partial charge in [-0.2, -0.15) is 5.10 Å². The molecule has 192 valence electrons. The van der Waals surface area contributed by atoms with E-state index in [4.69, 9.17) is 17.0 Å². The van der Waals surface area contributed by atoms with Crippen LogP contribution in [-0.4, -0.2) is 46.1 Å². The number of fused-ring (bicyclic) bond motifs is 1. The first kappa shape index (κ1) is 25.1. The molecule has 2 aromatic rings. The molecule has 2 N–H and O–H groups in total. The van der Waals surface area contributed by atoms with Crippen molar-refractivity contribution in [1.29, 1.82) is 0 Å². The first-order chi connectivity index (χ1) is 17.3. The number of aromatic nitrogens is 2. The van der Waals surface area contributed by atoms with Crippen LogP contribution in [0.3, 0.4) is 0 Å². The van der Waals surface area contributed by atoms with Crippen LogP contribution in [-0.2, 0) is 35.8 Å². The fourth-order valence-electron chi connectivity index (χ4n) is 4.84. The highest BCUT2D eigenvalue weighted by atomic mass is 32.1. The van der Waals surface area contributed by atoms with Crippen LogP contribution >= 0.6 is 23.6 Å². The fraction of sp³-hybridized carbons (Fsp3) is 0.577. The van der Waals surface area contributed by atoms with Gasteiger partial charge in [-0.3, -0.25) is 14.3 Å². The maximum atomic E-state index is 13.3. The number of rotatable bonds is 10. The molecule has 3 aliphatic rings. The van der Waals surface area contributed by atoms with Crippen LogP contribution in [0.25, 0.3) is 0 Å². The Bertz CT molecular complexity index is 1210. The highest BCUT2D eigenvalue weighted by Crippen LogP contribution is 2.42. The quantitative estimate of drug-likeness (QED) is 0.359. The van der Waals surface area contributed by atoms with Crippen LogP contribution in [0.5, 0.6) is 0 Å². The van der Waals surface area contributed by atoms with Gasteiger partial charge in [-0.1, -0.05) is 12.2 Å². The molecule has 2 saturated carbocycles. The number of nitrogens with one attached hydrogen (secondary N) is 2. The standard InChI is InChI=1S/C26H32N4O4S2/c1-30-17(12-20(29-30)26(33)34-2)11-18(35)9-15-5-8-21-19(10-15)22(24(32)27-13-14-3-4-14)25(36-21)28-23(31)16-6-7-16/h12,14-16H,3-11,13H2,1-2H3,(H,27,32)(H,28,31)/t15-/m1/s1. The van der Waals surface area contributed by atoms with E-state index in [1.807, 2.05) is 0 Å². The third-order valence-electron chi connectivity index (χ3n) is 7.29.